The van der Waals surface area contributed by atoms with Crippen LogP contribution in [-0.2, 0) is 6.54 Å². The number of piperidine rings is 1. The molecule has 8 nitrogen and oxygen atoms in total. The molecule has 140 valence electrons. The zero-order valence-electron chi connectivity index (χ0n) is 15.5. The van der Waals surface area contributed by atoms with Crippen LogP contribution in [0.2, 0.25) is 0 Å². The molecule has 0 aromatic carbocycles. The molecule has 1 saturated heterocycles. The molecule has 2 aromatic heterocycles. The molecular formula is C18H26N6O2. The van der Waals surface area contributed by atoms with E-state index < -0.39 is 0 Å². The minimum Gasteiger partial charge on any atom is -0.352 e. The maximum atomic E-state index is 12.8. The molecular weight excluding hydrogens is 332 g/mol. The molecule has 2 N–H and O–H groups in total. The van der Waals surface area contributed by atoms with Gasteiger partial charge in [-0.3, -0.25) is 9.36 Å². The second-order valence-electron chi connectivity index (χ2n) is 6.86. The van der Waals surface area contributed by atoms with Crippen molar-refractivity contribution >= 4 is 23.0 Å². The molecule has 1 fully saturated rings. The van der Waals surface area contributed by atoms with Gasteiger partial charge in [0.1, 0.15) is 5.52 Å². The number of anilines is 1. The molecule has 1 aliphatic rings. The first-order valence-corrected chi connectivity index (χ1v) is 9.17. The van der Waals surface area contributed by atoms with Crippen molar-refractivity contribution in [1.29, 1.82) is 0 Å². The number of aryl methyl sites for hydroxylation is 1. The van der Waals surface area contributed by atoms with Crippen molar-refractivity contribution in [1.82, 2.24) is 25.2 Å². The highest BCUT2D eigenvalue weighted by atomic mass is 16.2. The lowest BCUT2D eigenvalue weighted by Gasteiger charge is -2.33. The lowest BCUT2D eigenvalue weighted by molar-refractivity contribution is 0.232. The normalized spacial score (nSPS) is 15.5. The Balaban J connectivity index is 1.75. The average Bonchev–Trinajstić information content (AvgIpc) is 2.61. The molecule has 26 heavy (non-hydrogen) atoms. The van der Waals surface area contributed by atoms with E-state index in [1.807, 2.05) is 37.8 Å². The second kappa shape index (κ2) is 7.72. The number of amides is 2. The van der Waals surface area contributed by atoms with Gasteiger partial charge in [-0.2, -0.15) is 0 Å². The van der Waals surface area contributed by atoms with Gasteiger partial charge >= 0.3 is 6.03 Å². The van der Waals surface area contributed by atoms with Crippen LogP contribution in [0.25, 0.3) is 11.2 Å². The van der Waals surface area contributed by atoms with Crippen LogP contribution >= 0.6 is 0 Å². The van der Waals surface area contributed by atoms with Gasteiger partial charge in [0.05, 0.1) is 0 Å². The summed E-state index contributed by atoms with van der Waals surface area (Å²) in [4.78, 5) is 35.6. The van der Waals surface area contributed by atoms with Gasteiger partial charge in [-0.15, -0.1) is 0 Å². The van der Waals surface area contributed by atoms with E-state index in [4.69, 9.17) is 0 Å². The Bertz CT molecular complexity index is 839. The zero-order valence-corrected chi connectivity index (χ0v) is 15.5. The smallest absolute Gasteiger partial charge is 0.315 e. The van der Waals surface area contributed by atoms with Gasteiger partial charge < -0.3 is 15.5 Å². The molecule has 8 heteroatoms. The van der Waals surface area contributed by atoms with Crippen molar-refractivity contribution in [2.45, 2.75) is 52.2 Å². The van der Waals surface area contributed by atoms with Gasteiger partial charge in [-0.1, -0.05) is 0 Å². The molecule has 0 atom stereocenters. The first kappa shape index (κ1) is 18.2. The molecule has 2 amide bonds. The Hall–Kier alpha value is -2.64. The molecule has 2 aromatic rings. The van der Waals surface area contributed by atoms with E-state index in [1.165, 1.54) is 0 Å². The van der Waals surface area contributed by atoms with Crippen molar-refractivity contribution in [3.05, 3.63) is 28.7 Å². The number of hydrogen-bond donors (Lipinski definition) is 2. The third-order valence-corrected chi connectivity index (χ3v) is 4.55. The van der Waals surface area contributed by atoms with Crippen molar-refractivity contribution in [3.8, 4) is 0 Å². The summed E-state index contributed by atoms with van der Waals surface area (Å²) in [6.07, 6.45) is 3.24. The molecule has 1 aliphatic heterocycles. The minimum atomic E-state index is -0.137. The summed E-state index contributed by atoms with van der Waals surface area (Å²) in [6, 6.07) is 3.79. The summed E-state index contributed by atoms with van der Waals surface area (Å²) < 4.78 is 1.66. The van der Waals surface area contributed by atoms with Gasteiger partial charge in [-0.25, -0.2) is 14.8 Å². The van der Waals surface area contributed by atoms with Gasteiger partial charge in [0.15, 0.2) is 11.5 Å². The largest absolute Gasteiger partial charge is 0.352 e. The molecule has 0 unspecified atom stereocenters. The summed E-state index contributed by atoms with van der Waals surface area (Å²) in [5, 5.41) is 5.84. The maximum Gasteiger partial charge on any atom is 0.315 e. The summed E-state index contributed by atoms with van der Waals surface area (Å²) in [7, 11) is 0. The highest BCUT2D eigenvalue weighted by molar-refractivity contribution is 5.74. The topological polar surface area (TPSA) is 92.2 Å². The van der Waals surface area contributed by atoms with Gasteiger partial charge in [-0.05, 0) is 45.7 Å². The summed E-state index contributed by atoms with van der Waals surface area (Å²) >= 11 is 0. The highest BCUT2D eigenvalue weighted by Gasteiger charge is 2.24. The Labute approximate surface area is 152 Å². The lowest BCUT2D eigenvalue weighted by atomic mass is 10.1. The van der Waals surface area contributed by atoms with Crippen LogP contribution < -0.4 is 21.1 Å². The number of carbonyl (C=O) groups excluding carboxylic acids is 1. The quantitative estimate of drug-likeness (QED) is 0.864. The first-order valence-electron chi connectivity index (χ1n) is 9.17. The summed E-state index contributed by atoms with van der Waals surface area (Å²) in [5.41, 5.74) is 1.23. The van der Waals surface area contributed by atoms with E-state index in [9.17, 15) is 9.59 Å². The number of hydrogen-bond acceptors (Lipinski definition) is 5. The Morgan fingerprint density at radius 1 is 1.35 bits per heavy atom. The predicted molar refractivity (Wildman–Crippen MR) is 102 cm³/mol. The summed E-state index contributed by atoms with van der Waals surface area (Å²) in [5.74, 6) is 0.470. The van der Waals surface area contributed by atoms with E-state index in [0.717, 1.165) is 18.4 Å². The van der Waals surface area contributed by atoms with Crippen LogP contribution in [-0.4, -0.2) is 45.7 Å². The van der Waals surface area contributed by atoms with E-state index in [0.29, 0.717) is 31.1 Å². The molecule has 3 rings (SSSR count). The fourth-order valence-electron chi connectivity index (χ4n) is 3.29. The highest BCUT2D eigenvalue weighted by Crippen LogP contribution is 2.17. The third-order valence-electron chi connectivity index (χ3n) is 4.55. The van der Waals surface area contributed by atoms with Crippen LogP contribution in [0.3, 0.4) is 0 Å². The number of pyridine rings is 1. The SMILES string of the molecule is CCn1c(=O)c(N2CCC(NC(=O)NC(C)C)CC2)nc2cccnc21. The number of aromatic nitrogens is 3. The number of nitrogens with zero attached hydrogens (tertiary/aromatic N) is 4. The van der Waals surface area contributed by atoms with Crippen LogP contribution in [0.1, 0.15) is 33.6 Å². The van der Waals surface area contributed by atoms with Crippen molar-refractivity contribution < 1.29 is 4.79 Å². The monoisotopic (exact) mass is 358 g/mol. The Morgan fingerprint density at radius 3 is 2.73 bits per heavy atom. The van der Waals surface area contributed by atoms with Crippen molar-refractivity contribution in [2.75, 3.05) is 18.0 Å². The molecule has 3 heterocycles. The molecule has 0 aliphatic carbocycles. The summed E-state index contributed by atoms with van der Waals surface area (Å²) in [6.45, 7) is 7.72. The Morgan fingerprint density at radius 2 is 2.08 bits per heavy atom. The third kappa shape index (κ3) is 3.79. The van der Waals surface area contributed by atoms with E-state index >= 15 is 0 Å². The average molecular weight is 358 g/mol. The zero-order chi connectivity index (χ0) is 18.7. The standard InChI is InChI=1S/C18H26N6O2/c1-4-24-15-14(6-5-9-19-15)22-16(17(24)25)23-10-7-13(8-11-23)21-18(26)20-12(2)3/h5-6,9,12-13H,4,7-8,10-11H2,1-3H3,(H2,20,21,26). The van der Waals surface area contributed by atoms with Crippen LogP contribution in [0, 0.1) is 0 Å². The minimum absolute atomic E-state index is 0.109. The molecule has 0 saturated carbocycles. The van der Waals surface area contributed by atoms with Gasteiger partial charge in [0.2, 0.25) is 0 Å². The van der Waals surface area contributed by atoms with E-state index in [-0.39, 0.29) is 23.7 Å². The maximum absolute atomic E-state index is 12.8. The van der Waals surface area contributed by atoms with Gasteiger partial charge in [0.25, 0.3) is 5.56 Å². The molecule has 0 bridgehead atoms. The lowest BCUT2D eigenvalue weighted by Crippen LogP contribution is -2.50. The van der Waals surface area contributed by atoms with Crippen molar-refractivity contribution in [2.24, 2.45) is 0 Å². The fraction of sp³-hybridized carbons (Fsp3) is 0.556. The number of carbonyl (C=O) groups is 1. The van der Waals surface area contributed by atoms with E-state index in [1.54, 1.807) is 10.8 Å². The van der Waals surface area contributed by atoms with Crippen LogP contribution in [0.4, 0.5) is 10.6 Å². The molecule has 0 spiro atoms. The van der Waals surface area contributed by atoms with E-state index in [2.05, 4.69) is 20.6 Å². The number of fused-ring (bicyclic) bond motifs is 1. The number of nitrogens with one attached hydrogen (secondary N) is 2. The van der Waals surface area contributed by atoms with Crippen LogP contribution in [0.15, 0.2) is 23.1 Å². The fourth-order valence-corrected chi connectivity index (χ4v) is 3.29. The molecule has 0 radical (unpaired) electrons. The van der Waals surface area contributed by atoms with Crippen LogP contribution in [0.5, 0.6) is 0 Å². The Kier molecular flexibility index (Phi) is 5.39. The number of urea groups is 1. The predicted octanol–water partition coefficient (Wildman–Crippen LogP) is 1.49. The number of rotatable bonds is 4. The van der Waals surface area contributed by atoms with Gasteiger partial charge in [0, 0.05) is 37.9 Å². The first-order chi connectivity index (χ1) is 12.5. The second-order valence-corrected chi connectivity index (χ2v) is 6.86. The van der Waals surface area contributed by atoms with Crippen molar-refractivity contribution in [3.63, 3.8) is 0 Å².